The Morgan fingerprint density at radius 2 is 2.24 bits per heavy atom. The standard InChI is InChI=1S/C12H10N3O2/c1-7(16)10-4-8(12(14)17)2-3-11(10)15-6-9(15)5-13/h2-4,9,14H,6H2,1H3. The molecule has 1 aliphatic heterocycles. The zero-order valence-corrected chi connectivity index (χ0v) is 9.23. The van der Waals surface area contributed by atoms with Gasteiger partial charge in [0.2, 0.25) is 0 Å². The van der Waals surface area contributed by atoms with Gasteiger partial charge in [-0.3, -0.25) is 15.3 Å². The van der Waals surface area contributed by atoms with Crippen molar-refractivity contribution in [3.63, 3.8) is 0 Å². The minimum atomic E-state index is -0.818. The number of benzene rings is 1. The topological polar surface area (TPSA) is 84.7 Å². The average Bonchev–Trinajstić information content (AvgIpc) is 3.07. The lowest BCUT2D eigenvalue weighted by molar-refractivity contribution is 0.0992. The van der Waals surface area contributed by atoms with Crippen LogP contribution in [0, 0.1) is 11.3 Å². The highest BCUT2D eigenvalue weighted by atomic mass is 16.1. The van der Waals surface area contributed by atoms with Gasteiger partial charge >= 0.3 is 0 Å². The molecule has 0 bridgehead atoms. The zero-order valence-electron chi connectivity index (χ0n) is 9.23. The van der Waals surface area contributed by atoms with E-state index < -0.39 is 5.91 Å². The van der Waals surface area contributed by atoms with Crippen LogP contribution < -0.4 is 10.6 Å². The van der Waals surface area contributed by atoms with Crippen LogP contribution >= 0.6 is 0 Å². The number of hydrogen-bond donors (Lipinski definition) is 0. The number of nitrogens with zero attached hydrogens (tertiary/aromatic N) is 2. The van der Waals surface area contributed by atoms with Gasteiger partial charge in [0.25, 0.3) is 5.91 Å². The van der Waals surface area contributed by atoms with E-state index in [1.807, 2.05) is 0 Å². The first kappa shape index (κ1) is 11.1. The number of hydrogen-bond acceptors (Lipinski definition) is 4. The first-order valence-corrected chi connectivity index (χ1v) is 5.11. The smallest absolute Gasteiger partial charge is 0.269 e. The molecule has 2 rings (SSSR count). The van der Waals surface area contributed by atoms with E-state index in [9.17, 15) is 9.59 Å². The third-order valence-corrected chi connectivity index (χ3v) is 2.71. The van der Waals surface area contributed by atoms with Crippen LogP contribution in [-0.4, -0.2) is 24.3 Å². The minimum absolute atomic E-state index is 0.174. The molecule has 1 aromatic rings. The third kappa shape index (κ3) is 1.97. The molecule has 1 unspecified atom stereocenters. The van der Waals surface area contributed by atoms with Gasteiger partial charge in [-0.1, -0.05) is 0 Å². The molecule has 1 aromatic carbocycles. The summed E-state index contributed by atoms with van der Waals surface area (Å²) in [5, 5.41) is 8.75. The van der Waals surface area contributed by atoms with Gasteiger partial charge in [-0.15, -0.1) is 0 Å². The summed E-state index contributed by atoms with van der Waals surface area (Å²) in [6.07, 6.45) is 0. The number of Topliss-reactive ketones (excluding diaryl/α,β-unsaturated/α-hetero) is 1. The molecule has 0 aliphatic carbocycles. The fourth-order valence-electron chi connectivity index (χ4n) is 1.73. The number of nitrogens with one attached hydrogen (secondary N) is 1. The predicted octanol–water partition coefficient (Wildman–Crippen LogP) is 1.02. The van der Waals surface area contributed by atoms with Crippen molar-refractivity contribution < 1.29 is 9.59 Å². The molecule has 1 heterocycles. The fourth-order valence-corrected chi connectivity index (χ4v) is 1.73. The van der Waals surface area contributed by atoms with Gasteiger partial charge in [-0.05, 0) is 25.1 Å². The third-order valence-electron chi connectivity index (χ3n) is 2.71. The summed E-state index contributed by atoms with van der Waals surface area (Å²) in [6.45, 7) is 2.01. The number of anilines is 1. The summed E-state index contributed by atoms with van der Waals surface area (Å²) >= 11 is 0. The molecular weight excluding hydrogens is 218 g/mol. The molecule has 0 saturated carbocycles. The maximum atomic E-state index is 11.5. The number of amides is 1. The maximum absolute atomic E-state index is 11.5. The van der Waals surface area contributed by atoms with Crippen molar-refractivity contribution in [3.05, 3.63) is 29.3 Å². The summed E-state index contributed by atoms with van der Waals surface area (Å²) in [5.41, 5.74) is 8.25. The highest BCUT2D eigenvalue weighted by Gasteiger charge is 2.36. The molecule has 1 saturated heterocycles. The largest absolute Gasteiger partial charge is 0.350 e. The van der Waals surface area contributed by atoms with Crippen LogP contribution in [-0.2, 0) is 0 Å². The van der Waals surface area contributed by atoms with Crippen molar-refractivity contribution in [1.82, 2.24) is 5.73 Å². The highest BCUT2D eigenvalue weighted by Crippen LogP contribution is 2.31. The lowest BCUT2D eigenvalue weighted by Crippen LogP contribution is -2.07. The van der Waals surface area contributed by atoms with Gasteiger partial charge in [-0.25, -0.2) is 0 Å². The molecule has 5 nitrogen and oxygen atoms in total. The van der Waals surface area contributed by atoms with Crippen LogP contribution in [0.2, 0.25) is 0 Å². The number of carbonyl (C=O) groups excluding carboxylic acids is 2. The Balaban J connectivity index is 2.43. The summed E-state index contributed by atoms with van der Waals surface area (Å²) in [4.78, 5) is 24.2. The van der Waals surface area contributed by atoms with Crippen molar-refractivity contribution in [2.45, 2.75) is 13.0 Å². The maximum Gasteiger partial charge on any atom is 0.269 e. The van der Waals surface area contributed by atoms with Crippen LogP contribution in [0.4, 0.5) is 5.69 Å². The van der Waals surface area contributed by atoms with Crippen LogP contribution in [0.1, 0.15) is 27.6 Å². The van der Waals surface area contributed by atoms with Crippen molar-refractivity contribution in [2.75, 3.05) is 11.4 Å². The molecule has 1 fully saturated rings. The second-order valence-corrected chi connectivity index (χ2v) is 3.91. The second kappa shape index (κ2) is 3.91. The molecule has 1 N–H and O–H groups in total. The van der Waals surface area contributed by atoms with Gasteiger partial charge in [0.05, 0.1) is 12.6 Å². The summed E-state index contributed by atoms with van der Waals surface area (Å²) in [6, 6.07) is 6.45. The first-order valence-electron chi connectivity index (χ1n) is 5.11. The van der Waals surface area contributed by atoms with Crippen molar-refractivity contribution >= 4 is 17.4 Å². The Bertz CT molecular complexity index is 545. The number of nitriles is 1. The number of ketones is 1. The van der Waals surface area contributed by atoms with E-state index in [0.29, 0.717) is 17.8 Å². The van der Waals surface area contributed by atoms with E-state index in [0.717, 1.165) is 0 Å². The molecule has 85 valence electrons. The van der Waals surface area contributed by atoms with Crippen LogP contribution in [0.15, 0.2) is 18.2 Å². The van der Waals surface area contributed by atoms with Crippen LogP contribution in [0.25, 0.3) is 0 Å². The fraction of sp³-hybridized carbons (Fsp3) is 0.250. The number of rotatable bonds is 3. The normalized spacial score (nSPS) is 17.4. The molecule has 0 aromatic heterocycles. The molecule has 1 radical (unpaired) electrons. The van der Waals surface area contributed by atoms with Crippen LogP contribution in [0.3, 0.4) is 0 Å². The van der Waals surface area contributed by atoms with E-state index >= 15 is 0 Å². The van der Waals surface area contributed by atoms with Crippen molar-refractivity contribution in [3.8, 4) is 6.07 Å². The first-order chi connectivity index (χ1) is 8.04. The number of carbonyl (C=O) groups is 2. The predicted molar refractivity (Wildman–Crippen MR) is 60.6 cm³/mol. The summed E-state index contributed by atoms with van der Waals surface area (Å²) < 4.78 is 0. The molecular formula is C12H10N3O2. The molecule has 1 atom stereocenters. The Morgan fingerprint density at radius 3 is 2.71 bits per heavy atom. The van der Waals surface area contributed by atoms with Crippen molar-refractivity contribution in [2.24, 2.45) is 0 Å². The molecule has 1 amide bonds. The van der Waals surface area contributed by atoms with E-state index in [2.05, 4.69) is 6.07 Å². The van der Waals surface area contributed by atoms with E-state index in [1.54, 1.807) is 11.0 Å². The van der Waals surface area contributed by atoms with Gasteiger partial charge in [-0.2, -0.15) is 5.26 Å². The highest BCUT2D eigenvalue weighted by molar-refractivity contribution is 6.03. The minimum Gasteiger partial charge on any atom is -0.350 e. The van der Waals surface area contributed by atoms with Gasteiger partial charge in [0.1, 0.15) is 6.04 Å². The Kier molecular flexibility index (Phi) is 2.56. The van der Waals surface area contributed by atoms with E-state index in [-0.39, 0.29) is 17.4 Å². The quantitative estimate of drug-likeness (QED) is 0.571. The van der Waals surface area contributed by atoms with E-state index in [1.165, 1.54) is 19.1 Å². The molecule has 5 heteroatoms. The van der Waals surface area contributed by atoms with Gasteiger partial charge in [0, 0.05) is 16.8 Å². The second-order valence-electron chi connectivity index (χ2n) is 3.91. The lowest BCUT2D eigenvalue weighted by atomic mass is 10.0. The molecule has 17 heavy (non-hydrogen) atoms. The van der Waals surface area contributed by atoms with Gasteiger partial charge in [0.15, 0.2) is 5.78 Å². The van der Waals surface area contributed by atoms with E-state index in [4.69, 9.17) is 11.0 Å². The summed E-state index contributed by atoms with van der Waals surface area (Å²) in [5.74, 6) is -0.992. The Morgan fingerprint density at radius 1 is 1.53 bits per heavy atom. The SMILES string of the molecule is CC(=O)c1cc(C([NH])=O)ccc1N1CC1C#N. The van der Waals surface area contributed by atoms with Crippen LogP contribution in [0.5, 0.6) is 0 Å². The average molecular weight is 228 g/mol. The van der Waals surface area contributed by atoms with Gasteiger partial charge < -0.3 is 4.90 Å². The molecule has 0 spiro atoms. The Labute approximate surface area is 98.4 Å². The molecule has 1 aliphatic rings. The monoisotopic (exact) mass is 228 g/mol. The zero-order chi connectivity index (χ0) is 12.6. The lowest BCUT2D eigenvalue weighted by Gasteiger charge is -2.09. The summed E-state index contributed by atoms with van der Waals surface area (Å²) in [7, 11) is 0. The van der Waals surface area contributed by atoms with Crippen molar-refractivity contribution in [1.29, 1.82) is 5.26 Å². The Hall–Kier alpha value is -2.35.